The van der Waals surface area contributed by atoms with Gasteiger partial charge in [-0.1, -0.05) is 19.8 Å². The summed E-state index contributed by atoms with van der Waals surface area (Å²) in [6, 6.07) is -0.339. The van der Waals surface area contributed by atoms with Gasteiger partial charge in [0.25, 0.3) is 0 Å². The normalized spacial score (nSPS) is 26.9. The molecule has 100 valence electrons. The molecule has 4 heteroatoms. The molecule has 0 radical (unpaired) electrons. The van der Waals surface area contributed by atoms with Crippen LogP contribution in [0.4, 0.5) is 0 Å². The van der Waals surface area contributed by atoms with E-state index in [-0.39, 0.29) is 17.6 Å². The van der Waals surface area contributed by atoms with Crippen molar-refractivity contribution >= 4 is 5.91 Å². The highest BCUT2D eigenvalue weighted by atomic mass is 16.5. The highest BCUT2D eigenvalue weighted by Crippen LogP contribution is 2.24. The fraction of sp³-hybridized carbons (Fsp3) is 0.923. The van der Waals surface area contributed by atoms with Crippen molar-refractivity contribution in [1.82, 2.24) is 4.90 Å². The van der Waals surface area contributed by atoms with Gasteiger partial charge in [0.05, 0.1) is 11.6 Å². The maximum Gasteiger partial charge on any atom is 0.239 e. The minimum absolute atomic E-state index is 0.0847. The molecule has 17 heavy (non-hydrogen) atoms. The van der Waals surface area contributed by atoms with E-state index >= 15 is 0 Å². The molecule has 0 aromatic rings. The van der Waals surface area contributed by atoms with E-state index in [0.717, 1.165) is 38.6 Å². The predicted octanol–water partition coefficient (Wildman–Crippen LogP) is 1.53. The largest absolute Gasteiger partial charge is 0.377 e. The van der Waals surface area contributed by atoms with Crippen molar-refractivity contribution in [2.45, 2.75) is 57.6 Å². The third-order valence-corrected chi connectivity index (χ3v) is 3.65. The van der Waals surface area contributed by atoms with Crippen LogP contribution in [0.25, 0.3) is 0 Å². The Labute approximate surface area is 104 Å². The fourth-order valence-electron chi connectivity index (χ4n) is 2.34. The lowest BCUT2D eigenvalue weighted by Crippen LogP contribution is -2.53. The summed E-state index contributed by atoms with van der Waals surface area (Å²) < 4.78 is 5.49. The number of unbranched alkanes of at least 4 members (excludes halogenated alkanes) is 1. The predicted molar refractivity (Wildman–Crippen MR) is 68.7 cm³/mol. The number of likely N-dealkylation sites (tertiary alicyclic amines) is 1. The lowest BCUT2D eigenvalue weighted by molar-refractivity contribution is -0.140. The van der Waals surface area contributed by atoms with E-state index in [4.69, 9.17) is 10.5 Å². The highest BCUT2D eigenvalue weighted by Gasteiger charge is 2.34. The first-order valence-electron chi connectivity index (χ1n) is 6.62. The van der Waals surface area contributed by atoms with Crippen LogP contribution in [0.15, 0.2) is 0 Å². The molecule has 0 aromatic heterocycles. The summed E-state index contributed by atoms with van der Waals surface area (Å²) >= 11 is 0. The van der Waals surface area contributed by atoms with Crippen LogP contribution in [0.5, 0.6) is 0 Å². The summed E-state index contributed by atoms with van der Waals surface area (Å²) in [5.74, 6) is 0.0847. The van der Waals surface area contributed by atoms with Crippen LogP contribution in [0, 0.1) is 0 Å². The SMILES string of the molecule is CCCC[C@H](N)C(=O)N1CCCC(C)(OC)C1. The van der Waals surface area contributed by atoms with Crippen molar-refractivity contribution in [3.8, 4) is 0 Å². The fourth-order valence-corrected chi connectivity index (χ4v) is 2.34. The van der Waals surface area contributed by atoms with E-state index < -0.39 is 0 Å². The van der Waals surface area contributed by atoms with Gasteiger partial charge in [0.1, 0.15) is 0 Å². The van der Waals surface area contributed by atoms with E-state index in [1.807, 2.05) is 4.90 Å². The second-order valence-electron chi connectivity index (χ2n) is 5.27. The third-order valence-electron chi connectivity index (χ3n) is 3.65. The van der Waals surface area contributed by atoms with Crippen molar-refractivity contribution in [2.75, 3.05) is 20.2 Å². The van der Waals surface area contributed by atoms with Crippen molar-refractivity contribution < 1.29 is 9.53 Å². The Morgan fingerprint density at radius 3 is 2.88 bits per heavy atom. The number of amides is 1. The Morgan fingerprint density at radius 1 is 1.59 bits per heavy atom. The number of methoxy groups -OCH3 is 1. The van der Waals surface area contributed by atoms with Crippen LogP contribution in [0.3, 0.4) is 0 Å². The Hall–Kier alpha value is -0.610. The standard InChI is InChI=1S/C13H26N2O2/c1-4-5-7-11(14)12(16)15-9-6-8-13(2,10-15)17-3/h11H,4-10,14H2,1-3H3/t11-,13?/m0/s1. The van der Waals surface area contributed by atoms with Gasteiger partial charge in [-0.2, -0.15) is 0 Å². The molecule has 1 aliphatic rings. The maximum absolute atomic E-state index is 12.2. The maximum atomic E-state index is 12.2. The number of hydrogen-bond donors (Lipinski definition) is 1. The Bertz CT molecular complexity index is 258. The van der Waals surface area contributed by atoms with Crippen LogP contribution in [0.2, 0.25) is 0 Å². The molecular weight excluding hydrogens is 216 g/mol. The van der Waals surface area contributed by atoms with Crippen molar-refractivity contribution in [1.29, 1.82) is 0 Å². The van der Waals surface area contributed by atoms with Crippen molar-refractivity contribution in [3.63, 3.8) is 0 Å². The molecule has 0 aliphatic carbocycles. The molecule has 0 aromatic carbocycles. The molecule has 1 heterocycles. The average molecular weight is 242 g/mol. The number of carbonyl (C=O) groups excluding carboxylic acids is 1. The van der Waals surface area contributed by atoms with Crippen molar-refractivity contribution in [3.05, 3.63) is 0 Å². The molecule has 1 rings (SSSR count). The van der Waals surface area contributed by atoms with E-state index in [1.165, 1.54) is 0 Å². The van der Waals surface area contributed by atoms with Crippen LogP contribution < -0.4 is 5.73 Å². The summed E-state index contributed by atoms with van der Waals surface area (Å²) in [5, 5.41) is 0. The zero-order valence-corrected chi connectivity index (χ0v) is 11.4. The van der Waals surface area contributed by atoms with E-state index in [0.29, 0.717) is 6.54 Å². The quantitative estimate of drug-likeness (QED) is 0.795. The molecule has 4 nitrogen and oxygen atoms in total. The van der Waals surface area contributed by atoms with Gasteiger partial charge in [0.15, 0.2) is 0 Å². The number of carbonyl (C=O) groups is 1. The molecule has 2 atom stereocenters. The van der Waals surface area contributed by atoms with Gasteiger partial charge < -0.3 is 15.4 Å². The van der Waals surface area contributed by atoms with Gasteiger partial charge in [0.2, 0.25) is 5.91 Å². The average Bonchev–Trinajstić information content (AvgIpc) is 2.35. The summed E-state index contributed by atoms with van der Waals surface area (Å²) in [6.07, 6.45) is 4.89. The zero-order valence-electron chi connectivity index (χ0n) is 11.4. The monoisotopic (exact) mass is 242 g/mol. The number of ether oxygens (including phenoxy) is 1. The minimum atomic E-state index is -0.339. The molecule has 1 amide bonds. The minimum Gasteiger partial charge on any atom is -0.377 e. The molecule has 1 fully saturated rings. The number of hydrogen-bond acceptors (Lipinski definition) is 3. The van der Waals surface area contributed by atoms with Gasteiger partial charge >= 0.3 is 0 Å². The first kappa shape index (κ1) is 14.5. The van der Waals surface area contributed by atoms with Gasteiger partial charge in [-0.25, -0.2) is 0 Å². The van der Waals surface area contributed by atoms with E-state index in [2.05, 4.69) is 13.8 Å². The molecule has 0 bridgehead atoms. The number of piperidine rings is 1. The topological polar surface area (TPSA) is 55.6 Å². The van der Waals surface area contributed by atoms with E-state index in [9.17, 15) is 4.79 Å². The molecule has 0 spiro atoms. The molecule has 2 N–H and O–H groups in total. The molecule has 1 unspecified atom stereocenters. The van der Waals surface area contributed by atoms with Crippen LogP contribution in [0.1, 0.15) is 46.0 Å². The second kappa shape index (κ2) is 6.36. The van der Waals surface area contributed by atoms with Crippen LogP contribution in [-0.2, 0) is 9.53 Å². The number of rotatable bonds is 5. The Balaban J connectivity index is 2.51. The lowest BCUT2D eigenvalue weighted by atomic mass is 9.94. The second-order valence-corrected chi connectivity index (χ2v) is 5.27. The van der Waals surface area contributed by atoms with Gasteiger partial charge in [0, 0.05) is 20.2 Å². The number of nitrogens with zero attached hydrogens (tertiary/aromatic N) is 1. The zero-order chi connectivity index (χ0) is 12.9. The van der Waals surface area contributed by atoms with Gasteiger partial charge in [-0.05, 0) is 26.2 Å². The highest BCUT2D eigenvalue weighted by molar-refractivity contribution is 5.81. The lowest BCUT2D eigenvalue weighted by Gasteiger charge is -2.40. The summed E-state index contributed by atoms with van der Waals surface area (Å²) in [7, 11) is 1.71. The first-order chi connectivity index (χ1) is 8.02. The van der Waals surface area contributed by atoms with Crippen molar-refractivity contribution in [2.24, 2.45) is 5.73 Å². The first-order valence-corrected chi connectivity index (χ1v) is 6.62. The molecular formula is C13H26N2O2. The summed E-state index contributed by atoms with van der Waals surface area (Å²) in [6.45, 7) is 5.66. The van der Waals surface area contributed by atoms with Gasteiger partial charge in [-0.15, -0.1) is 0 Å². The van der Waals surface area contributed by atoms with Gasteiger partial charge in [-0.3, -0.25) is 4.79 Å². The molecule has 1 saturated heterocycles. The summed E-state index contributed by atoms with van der Waals surface area (Å²) in [4.78, 5) is 14.0. The smallest absolute Gasteiger partial charge is 0.239 e. The van der Waals surface area contributed by atoms with Crippen LogP contribution >= 0.6 is 0 Å². The Morgan fingerprint density at radius 2 is 2.29 bits per heavy atom. The molecule has 1 aliphatic heterocycles. The molecule has 0 saturated carbocycles. The van der Waals surface area contributed by atoms with Crippen LogP contribution in [-0.4, -0.2) is 42.6 Å². The summed E-state index contributed by atoms with van der Waals surface area (Å²) in [5.41, 5.74) is 5.74. The number of nitrogens with two attached hydrogens (primary N) is 1. The van der Waals surface area contributed by atoms with E-state index in [1.54, 1.807) is 7.11 Å². The third kappa shape index (κ3) is 3.96. The Kier molecular flexibility index (Phi) is 5.40.